The predicted molar refractivity (Wildman–Crippen MR) is 59.5 cm³/mol. The summed E-state index contributed by atoms with van der Waals surface area (Å²) in [7, 11) is 0. The molecular weight excluding hydrogens is 238 g/mol. The highest BCUT2D eigenvalue weighted by Crippen LogP contribution is 2.15. The minimum Gasteiger partial charge on any atom is -0.395 e. The lowest BCUT2D eigenvalue weighted by Gasteiger charge is -2.01. The fraction of sp³-hybridized carbons (Fsp3) is 0.0909. The lowest BCUT2D eigenvalue weighted by molar-refractivity contribution is -0.402. The van der Waals surface area contributed by atoms with Crippen molar-refractivity contribution in [3.05, 3.63) is 58.1 Å². The van der Waals surface area contributed by atoms with Gasteiger partial charge in [-0.25, -0.2) is 4.98 Å². The van der Waals surface area contributed by atoms with Gasteiger partial charge in [-0.15, -0.1) is 0 Å². The number of nitro groups is 1. The summed E-state index contributed by atoms with van der Waals surface area (Å²) < 4.78 is 4.78. The van der Waals surface area contributed by atoms with Gasteiger partial charge in [-0.2, -0.15) is 0 Å². The van der Waals surface area contributed by atoms with Gasteiger partial charge in [0.1, 0.15) is 4.92 Å². The molecule has 2 aromatic rings. The summed E-state index contributed by atoms with van der Waals surface area (Å²) in [5.41, 5.74) is 0.906. The summed E-state index contributed by atoms with van der Waals surface area (Å²) in [5.74, 6) is -1.02. The van der Waals surface area contributed by atoms with E-state index in [0.29, 0.717) is 6.54 Å². The van der Waals surface area contributed by atoms with Gasteiger partial charge in [0.05, 0.1) is 6.07 Å². The van der Waals surface area contributed by atoms with Gasteiger partial charge in [0.25, 0.3) is 5.91 Å². The zero-order valence-corrected chi connectivity index (χ0v) is 9.25. The number of furan rings is 1. The molecule has 0 fully saturated rings. The molecule has 0 aliphatic rings. The molecule has 7 heteroatoms. The van der Waals surface area contributed by atoms with Gasteiger partial charge in [-0.05, 0) is 11.6 Å². The van der Waals surface area contributed by atoms with Crippen molar-refractivity contribution < 1.29 is 19.1 Å². The molecule has 2 N–H and O–H groups in total. The summed E-state index contributed by atoms with van der Waals surface area (Å²) in [6.45, 7) is 0.321. The third-order valence-corrected chi connectivity index (χ3v) is 2.24. The predicted octanol–water partition coefficient (Wildman–Crippen LogP) is 0.932. The first-order chi connectivity index (χ1) is 8.66. The standard InChI is InChI=1S/C11H9N3O4/c15-11(9-1-2-10(18-9)14(16)17)13-7-8-3-5-12-6-4-8/h1-6H,7H2,(H,13,15)/p+1. The van der Waals surface area contributed by atoms with Gasteiger partial charge in [0.2, 0.25) is 0 Å². The third-order valence-electron chi connectivity index (χ3n) is 2.24. The van der Waals surface area contributed by atoms with E-state index < -0.39 is 16.7 Å². The van der Waals surface area contributed by atoms with Crippen molar-refractivity contribution >= 4 is 11.8 Å². The zero-order valence-electron chi connectivity index (χ0n) is 9.25. The number of carbonyl (C=O) groups is 1. The number of aromatic nitrogens is 1. The van der Waals surface area contributed by atoms with Crippen LogP contribution in [0.4, 0.5) is 5.88 Å². The van der Waals surface area contributed by atoms with Crippen LogP contribution in [-0.2, 0) is 6.54 Å². The summed E-state index contributed by atoms with van der Waals surface area (Å²) in [4.78, 5) is 24.2. The number of nitrogens with zero attached hydrogens (tertiary/aromatic N) is 1. The Morgan fingerprint density at radius 2 is 2.06 bits per heavy atom. The number of hydrogen-bond donors (Lipinski definition) is 1. The van der Waals surface area contributed by atoms with E-state index in [4.69, 9.17) is 4.42 Å². The van der Waals surface area contributed by atoms with E-state index in [1.54, 1.807) is 12.4 Å². The fourth-order valence-corrected chi connectivity index (χ4v) is 1.36. The second-order valence-corrected chi connectivity index (χ2v) is 3.49. The maximum Gasteiger partial charge on any atom is 0.433 e. The topological polar surface area (TPSA) is 99.5 Å². The molecule has 0 saturated heterocycles. The van der Waals surface area contributed by atoms with Gasteiger partial charge < -0.3 is 9.73 Å². The number of pyridine rings is 1. The van der Waals surface area contributed by atoms with E-state index in [2.05, 4.69) is 10.3 Å². The average Bonchev–Trinajstić information content (AvgIpc) is 2.87. The van der Waals surface area contributed by atoms with Gasteiger partial charge in [0.15, 0.2) is 18.2 Å². The van der Waals surface area contributed by atoms with Gasteiger partial charge in [0, 0.05) is 18.7 Å². The average molecular weight is 248 g/mol. The van der Waals surface area contributed by atoms with Crippen molar-refractivity contribution in [1.82, 2.24) is 5.32 Å². The lowest BCUT2D eigenvalue weighted by atomic mass is 10.2. The number of carbonyl (C=O) groups excluding carboxylic acids is 1. The van der Waals surface area contributed by atoms with Crippen molar-refractivity contribution in [3.63, 3.8) is 0 Å². The highest BCUT2D eigenvalue weighted by Gasteiger charge is 2.16. The molecule has 0 aliphatic heterocycles. The van der Waals surface area contributed by atoms with Crippen LogP contribution in [0.15, 0.2) is 41.1 Å². The maximum absolute atomic E-state index is 11.6. The molecule has 1 amide bonds. The summed E-state index contributed by atoms with van der Waals surface area (Å²) >= 11 is 0. The van der Waals surface area contributed by atoms with E-state index >= 15 is 0 Å². The summed E-state index contributed by atoms with van der Waals surface area (Å²) in [6, 6.07) is 6.04. The lowest BCUT2D eigenvalue weighted by Crippen LogP contribution is -2.22. The molecule has 0 aromatic carbocycles. The Kier molecular flexibility index (Phi) is 3.33. The number of amides is 1. The van der Waals surface area contributed by atoms with Crippen LogP contribution in [0.25, 0.3) is 0 Å². The van der Waals surface area contributed by atoms with E-state index in [9.17, 15) is 14.9 Å². The largest absolute Gasteiger partial charge is 0.433 e. The first kappa shape index (κ1) is 11.8. The molecule has 2 rings (SSSR count). The molecular formula is C11H10N3O4+. The number of nitrogens with one attached hydrogen (secondary N) is 2. The van der Waals surface area contributed by atoms with Crippen LogP contribution in [0.1, 0.15) is 16.1 Å². The van der Waals surface area contributed by atoms with Gasteiger partial charge >= 0.3 is 5.88 Å². The van der Waals surface area contributed by atoms with Crippen molar-refractivity contribution in [2.75, 3.05) is 0 Å². The number of hydrogen-bond acceptors (Lipinski definition) is 4. The van der Waals surface area contributed by atoms with Crippen LogP contribution >= 0.6 is 0 Å². The van der Waals surface area contributed by atoms with Gasteiger partial charge in [-0.3, -0.25) is 14.9 Å². The molecule has 0 spiro atoms. The van der Waals surface area contributed by atoms with Crippen LogP contribution in [0.5, 0.6) is 0 Å². The minimum atomic E-state index is -0.691. The molecule has 0 unspecified atom stereocenters. The number of aromatic amines is 1. The van der Waals surface area contributed by atoms with Crippen LogP contribution in [0.2, 0.25) is 0 Å². The van der Waals surface area contributed by atoms with Crippen molar-refractivity contribution in [3.8, 4) is 0 Å². The summed E-state index contributed by atoms with van der Waals surface area (Å²) in [5, 5.41) is 13.0. The Balaban J connectivity index is 1.97. The highest BCUT2D eigenvalue weighted by atomic mass is 16.6. The Bertz CT molecular complexity index is 565. The molecule has 2 aromatic heterocycles. The smallest absolute Gasteiger partial charge is 0.395 e. The Morgan fingerprint density at radius 3 is 2.67 bits per heavy atom. The Morgan fingerprint density at radius 1 is 1.33 bits per heavy atom. The second kappa shape index (κ2) is 5.09. The first-order valence-corrected chi connectivity index (χ1v) is 5.14. The maximum atomic E-state index is 11.6. The van der Waals surface area contributed by atoms with E-state index in [1.165, 1.54) is 6.07 Å². The van der Waals surface area contributed by atoms with E-state index in [-0.39, 0.29) is 5.76 Å². The number of rotatable bonds is 4. The number of H-pyrrole nitrogens is 1. The molecule has 18 heavy (non-hydrogen) atoms. The van der Waals surface area contributed by atoms with Crippen LogP contribution in [0.3, 0.4) is 0 Å². The molecule has 0 aliphatic carbocycles. The molecule has 7 nitrogen and oxygen atoms in total. The zero-order chi connectivity index (χ0) is 13.0. The quantitative estimate of drug-likeness (QED) is 0.642. The molecule has 0 atom stereocenters. The molecule has 0 saturated carbocycles. The first-order valence-electron chi connectivity index (χ1n) is 5.14. The van der Waals surface area contributed by atoms with Crippen molar-refractivity contribution in [2.45, 2.75) is 6.54 Å². The van der Waals surface area contributed by atoms with E-state index in [1.807, 2.05) is 12.1 Å². The van der Waals surface area contributed by atoms with Crippen LogP contribution in [-0.4, -0.2) is 10.8 Å². The third kappa shape index (κ3) is 2.70. The highest BCUT2D eigenvalue weighted by molar-refractivity contribution is 5.91. The Hall–Kier alpha value is -2.70. The molecule has 0 radical (unpaired) electrons. The molecule has 0 bridgehead atoms. The SMILES string of the molecule is O=C(NCc1cc[nH+]cc1)c1ccc([N+](=O)[O-])o1. The summed E-state index contributed by atoms with van der Waals surface area (Å²) in [6.07, 6.45) is 3.47. The minimum absolute atomic E-state index is 0.0795. The van der Waals surface area contributed by atoms with Crippen LogP contribution < -0.4 is 10.3 Å². The van der Waals surface area contributed by atoms with Crippen molar-refractivity contribution in [1.29, 1.82) is 0 Å². The fourth-order valence-electron chi connectivity index (χ4n) is 1.36. The molecule has 2 heterocycles. The van der Waals surface area contributed by atoms with Crippen LogP contribution in [0, 0.1) is 10.1 Å². The van der Waals surface area contributed by atoms with Crippen molar-refractivity contribution in [2.24, 2.45) is 0 Å². The monoisotopic (exact) mass is 248 g/mol. The van der Waals surface area contributed by atoms with E-state index in [0.717, 1.165) is 11.6 Å². The van der Waals surface area contributed by atoms with Gasteiger partial charge in [-0.1, -0.05) is 0 Å². The Labute approximate surface area is 102 Å². The normalized spacial score (nSPS) is 10.0. The molecule has 92 valence electrons. The second-order valence-electron chi connectivity index (χ2n) is 3.49.